The van der Waals surface area contributed by atoms with Gasteiger partial charge in [0.25, 0.3) is 0 Å². The van der Waals surface area contributed by atoms with E-state index >= 15 is 0 Å². The van der Waals surface area contributed by atoms with Crippen LogP contribution >= 0.6 is 0 Å². The van der Waals surface area contributed by atoms with Gasteiger partial charge in [-0.3, -0.25) is 0 Å². The molecular weight excluding hydrogens is 285 g/mol. The number of urea groups is 1. The largest absolute Gasteiger partial charge is 0.408 e. The van der Waals surface area contributed by atoms with Gasteiger partial charge in [0.1, 0.15) is 6.04 Å². The van der Waals surface area contributed by atoms with Crippen LogP contribution < -0.4 is 5.32 Å². The van der Waals surface area contributed by atoms with Crippen LogP contribution in [0, 0.1) is 6.92 Å². The van der Waals surface area contributed by atoms with E-state index in [0.717, 1.165) is 23.0 Å². The zero-order chi connectivity index (χ0) is 16.0. The Morgan fingerprint density at radius 2 is 2.00 bits per heavy atom. The number of aryl methyl sites for hydroxylation is 1. The summed E-state index contributed by atoms with van der Waals surface area (Å²) in [7, 11) is 0. The van der Waals surface area contributed by atoms with E-state index in [-0.39, 0.29) is 19.7 Å². The molecule has 4 nitrogen and oxygen atoms in total. The van der Waals surface area contributed by atoms with Crippen molar-refractivity contribution in [3.63, 3.8) is 0 Å². The van der Waals surface area contributed by atoms with Crippen molar-refractivity contribution < 1.29 is 23.1 Å². The average molecular weight is 304 g/mol. The topological polar surface area (TPSA) is 52.6 Å². The molecule has 0 radical (unpaired) electrons. The van der Waals surface area contributed by atoms with Gasteiger partial charge in [-0.1, -0.05) is 24.3 Å². The molecule has 0 aliphatic rings. The molecule has 1 unspecified atom stereocenters. The van der Waals surface area contributed by atoms with Crippen LogP contribution in [0.1, 0.15) is 18.1 Å². The molecule has 0 saturated heterocycles. The van der Waals surface area contributed by atoms with Crippen LogP contribution in [0.15, 0.2) is 24.3 Å². The molecule has 1 aromatic carbocycles. The lowest BCUT2D eigenvalue weighted by Crippen LogP contribution is -2.49. The SMILES string of the molecule is Cc1ccccc1CN(CCO)C(=O)NC(C)C(F)(F)F. The summed E-state index contributed by atoms with van der Waals surface area (Å²) in [5.74, 6) is 0. The monoisotopic (exact) mass is 304 g/mol. The molecule has 0 spiro atoms. The number of rotatable bonds is 5. The van der Waals surface area contributed by atoms with Crippen molar-refractivity contribution >= 4 is 6.03 Å². The molecular formula is C14H19F3N2O2. The molecule has 0 aromatic heterocycles. The van der Waals surface area contributed by atoms with Crippen LogP contribution in [0.3, 0.4) is 0 Å². The van der Waals surface area contributed by atoms with E-state index in [1.165, 1.54) is 0 Å². The maximum atomic E-state index is 12.5. The Bertz CT molecular complexity index is 478. The zero-order valence-corrected chi connectivity index (χ0v) is 11.9. The molecule has 1 rings (SSSR count). The fourth-order valence-corrected chi connectivity index (χ4v) is 1.72. The highest BCUT2D eigenvalue weighted by atomic mass is 19.4. The van der Waals surface area contributed by atoms with Gasteiger partial charge in [0.2, 0.25) is 0 Å². The molecule has 118 valence electrons. The number of amides is 2. The van der Waals surface area contributed by atoms with Gasteiger partial charge in [0.15, 0.2) is 0 Å². The Morgan fingerprint density at radius 3 is 2.52 bits per heavy atom. The fraction of sp³-hybridized carbons (Fsp3) is 0.500. The highest BCUT2D eigenvalue weighted by molar-refractivity contribution is 5.74. The molecule has 1 atom stereocenters. The second kappa shape index (κ2) is 7.31. The lowest BCUT2D eigenvalue weighted by Gasteiger charge is -2.26. The van der Waals surface area contributed by atoms with Gasteiger partial charge in [0.05, 0.1) is 6.61 Å². The summed E-state index contributed by atoms with van der Waals surface area (Å²) in [4.78, 5) is 13.1. The van der Waals surface area contributed by atoms with E-state index in [1.807, 2.05) is 24.4 Å². The Morgan fingerprint density at radius 1 is 1.38 bits per heavy atom. The van der Waals surface area contributed by atoms with Crippen LogP contribution in [0.25, 0.3) is 0 Å². The van der Waals surface area contributed by atoms with Crippen LogP contribution in [0.2, 0.25) is 0 Å². The number of halogens is 3. The molecule has 0 heterocycles. The molecule has 0 saturated carbocycles. The number of hydrogen-bond acceptors (Lipinski definition) is 2. The van der Waals surface area contributed by atoms with Gasteiger partial charge in [-0.15, -0.1) is 0 Å². The fourth-order valence-electron chi connectivity index (χ4n) is 1.72. The molecule has 2 N–H and O–H groups in total. The maximum Gasteiger partial charge on any atom is 0.408 e. The third-order valence-corrected chi connectivity index (χ3v) is 3.11. The lowest BCUT2D eigenvalue weighted by molar-refractivity contribution is -0.149. The Kier molecular flexibility index (Phi) is 6.02. The summed E-state index contributed by atoms with van der Waals surface area (Å²) in [6.07, 6.45) is -4.50. The quantitative estimate of drug-likeness (QED) is 0.878. The summed E-state index contributed by atoms with van der Waals surface area (Å²) in [5.41, 5.74) is 1.75. The number of carbonyl (C=O) groups excluding carboxylic acids is 1. The van der Waals surface area contributed by atoms with Crippen molar-refractivity contribution in [2.45, 2.75) is 32.6 Å². The first-order chi connectivity index (χ1) is 9.75. The van der Waals surface area contributed by atoms with Crippen molar-refractivity contribution in [2.24, 2.45) is 0 Å². The predicted molar refractivity (Wildman–Crippen MR) is 72.7 cm³/mol. The third-order valence-electron chi connectivity index (χ3n) is 3.11. The molecule has 7 heteroatoms. The number of nitrogens with zero attached hydrogens (tertiary/aromatic N) is 1. The zero-order valence-electron chi connectivity index (χ0n) is 11.9. The molecule has 1 aromatic rings. The van der Waals surface area contributed by atoms with Crippen molar-refractivity contribution in [1.29, 1.82) is 0 Å². The standard InChI is InChI=1S/C14H19F3N2O2/c1-10-5-3-4-6-12(10)9-19(7-8-20)13(21)18-11(2)14(15,16)17/h3-6,11,20H,7-9H2,1-2H3,(H,18,21). The summed E-state index contributed by atoms with van der Waals surface area (Å²) in [6, 6.07) is 4.47. The summed E-state index contributed by atoms with van der Waals surface area (Å²) in [6.45, 7) is 2.51. The van der Waals surface area contributed by atoms with Crippen LogP contribution in [-0.4, -0.2) is 41.4 Å². The smallest absolute Gasteiger partial charge is 0.395 e. The van der Waals surface area contributed by atoms with Gasteiger partial charge in [-0.2, -0.15) is 13.2 Å². The van der Waals surface area contributed by atoms with Crippen molar-refractivity contribution in [2.75, 3.05) is 13.2 Å². The van der Waals surface area contributed by atoms with Crippen LogP contribution in [0.4, 0.5) is 18.0 Å². The Labute approximate surface area is 121 Å². The van der Waals surface area contributed by atoms with Crippen LogP contribution in [0.5, 0.6) is 0 Å². The lowest BCUT2D eigenvalue weighted by atomic mass is 10.1. The molecule has 21 heavy (non-hydrogen) atoms. The number of nitrogens with one attached hydrogen (secondary N) is 1. The van der Waals surface area contributed by atoms with E-state index in [1.54, 1.807) is 12.1 Å². The van der Waals surface area contributed by atoms with Crippen molar-refractivity contribution in [1.82, 2.24) is 10.2 Å². The first-order valence-electron chi connectivity index (χ1n) is 6.53. The van der Waals surface area contributed by atoms with Gasteiger partial charge >= 0.3 is 12.2 Å². The van der Waals surface area contributed by atoms with Gasteiger partial charge < -0.3 is 15.3 Å². The number of aliphatic hydroxyl groups excluding tert-OH is 1. The van der Waals surface area contributed by atoms with Crippen molar-refractivity contribution in [3.8, 4) is 0 Å². The predicted octanol–water partition coefficient (Wildman–Crippen LogP) is 2.45. The summed E-state index contributed by atoms with van der Waals surface area (Å²) >= 11 is 0. The second-order valence-electron chi connectivity index (χ2n) is 4.78. The number of benzene rings is 1. The molecule has 2 amide bonds. The minimum absolute atomic E-state index is 0.0370. The van der Waals surface area contributed by atoms with Gasteiger partial charge in [-0.25, -0.2) is 4.79 Å². The first-order valence-corrected chi connectivity index (χ1v) is 6.53. The summed E-state index contributed by atoms with van der Waals surface area (Å²) in [5, 5.41) is 10.9. The third kappa shape index (κ3) is 5.26. The normalized spacial score (nSPS) is 12.9. The molecule has 0 aliphatic carbocycles. The van der Waals surface area contributed by atoms with E-state index < -0.39 is 18.2 Å². The van der Waals surface area contributed by atoms with Crippen LogP contribution in [-0.2, 0) is 6.54 Å². The second-order valence-corrected chi connectivity index (χ2v) is 4.78. The summed E-state index contributed by atoms with van der Waals surface area (Å²) < 4.78 is 37.4. The van der Waals surface area contributed by atoms with E-state index in [0.29, 0.717) is 0 Å². The molecule has 0 aliphatic heterocycles. The first kappa shape index (κ1) is 17.3. The highest BCUT2D eigenvalue weighted by Crippen LogP contribution is 2.20. The van der Waals surface area contributed by atoms with E-state index in [9.17, 15) is 18.0 Å². The number of hydrogen-bond donors (Lipinski definition) is 2. The van der Waals surface area contributed by atoms with Crippen molar-refractivity contribution in [3.05, 3.63) is 35.4 Å². The maximum absolute atomic E-state index is 12.5. The van der Waals surface area contributed by atoms with E-state index in [2.05, 4.69) is 0 Å². The average Bonchev–Trinajstić information content (AvgIpc) is 2.39. The van der Waals surface area contributed by atoms with Gasteiger partial charge in [-0.05, 0) is 25.0 Å². The number of alkyl halides is 3. The van der Waals surface area contributed by atoms with Gasteiger partial charge in [0, 0.05) is 13.1 Å². The molecule has 0 fully saturated rings. The minimum atomic E-state index is -4.50. The minimum Gasteiger partial charge on any atom is -0.395 e. The molecule has 0 bridgehead atoms. The van der Waals surface area contributed by atoms with E-state index in [4.69, 9.17) is 5.11 Å². The Hall–Kier alpha value is -1.76. The number of carbonyl (C=O) groups is 1. The number of aliphatic hydroxyl groups is 1. The Balaban J connectivity index is 2.77. The highest BCUT2D eigenvalue weighted by Gasteiger charge is 2.37.